The first-order valence-electron chi connectivity index (χ1n) is 5.75. The molecule has 1 saturated heterocycles. The average Bonchev–Trinajstić information content (AvgIpc) is 2.35. The molecule has 1 heterocycles. The molecule has 18 heavy (non-hydrogen) atoms. The number of nitrogen functional groups attached to an aromatic ring is 1. The van der Waals surface area contributed by atoms with Crippen molar-refractivity contribution in [2.45, 2.75) is 18.9 Å². The normalized spacial score (nSPS) is 16.5. The van der Waals surface area contributed by atoms with Gasteiger partial charge in [0.2, 0.25) is 0 Å². The Morgan fingerprint density at radius 2 is 2.11 bits per heavy atom. The van der Waals surface area contributed by atoms with Crippen LogP contribution in [0, 0.1) is 5.82 Å². The van der Waals surface area contributed by atoms with Gasteiger partial charge in [0.15, 0.2) is 0 Å². The van der Waals surface area contributed by atoms with Crippen LogP contribution in [-0.4, -0.2) is 30.3 Å². The number of carboxylic acids is 1. The fourth-order valence-electron chi connectivity index (χ4n) is 2.01. The molecule has 1 aromatic carbocycles. The third kappa shape index (κ3) is 2.53. The van der Waals surface area contributed by atoms with Crippen LogP contribution in [0.15, 0.2) is 12.1 Å². The molecule has 1 aliphatic rings. The summed E-state index contributed by atoms with van der Waals surface area (Å²) in [5, 5.41) is 12.2. The molecule has 98 valence electrons. The maximum atomic E-state index is 13.3. The highest BCUT2D eigenvalue weighted by Gasteiger charge is 2.20. The van der Waals surface area contributed by atoms with Crippen LogP contribution in [0.5, 0.6) is 0 Å². The summed E-state index contributed by atoms with van der Waals surface area (Å²) < 4.78 is 18.5. The van der Waals surface area contributed by atoms with Gasteiger partial charge in [-0.3, -0.25) is 0 Å². The lowest BCUT2D eigenvalue weighted by molar-refractivity contribution is 0.0698. The monoisotopic (exact) mass is 254 g/mol. The van der Waals surface area contributed by atoms with E-state index in [9.17, 15) is 9.18 Å². The molecule has 0 aliphatic carbocycles. The molecule has 1 aliphatic heterocycles. The number of hydrogen-bond acceptors (Lipinski definition) is 4. The largest absolute Gasteiger partial charge is 0.478 e. The molecule has 2 rings (SSSR count). The quantitative estimate of drug-likeness (QED) is 0.715. The minimum absolute atomic E-state index is 0.127. The van der Waals surface area contributed by atoms with Gasteiger partial charge in [-0.05, 0) is 25.0 Å². The molecule has 5 nitrogen and oxygen atoms in total. The fourth-order valence-corrected chi connectivity index (χ4v) is 2.01. The van der Waals surface area contributed by atoms with E-state index in [1.807, 2.05) is 0 Å². The second kappa shape index (κ2) is 5.22. The molecule has 0 radical (unpaired) electrons. The van der Waals surface area contributed by atoms with Gasteiger partial charge in [0.05, 0.1) is 11.4 Å². The van der Waals surface area contributed by atoms with Crippen LogP contribution < -0.4 is 11.1 Å². The molecule has 0 amide bonds. The first-order chi connectivity index (χ1) is 8.59. The molecule has 0 atom stereocenters. The lowest BCUT2D eigenvalue weighted by atomic mass is 10.1. The van der Waals surface area contributed by atoms with E-state index in [0.29, 0.717) is 18.9 Å². The van der Waals surface area contributed by atoms with Crippen molar-refractivity contribution < 1.29 is 19.0 Å². The number of hydrogen-bond donors (Lipinski definition) is 3. The molecule has 1 aromatic rings. The Balaban J connectivity index is 2.26. The van der Waals surface area contributed by atoms with Crippen molar-refractivity contribution in [3.05, 3.63) is 23.5 Å². The molecule has 0 aromatic heterocycles. The minimum atomic E-state index is -1.23. The zero-order valence-corrected chi connectivity index (χ0v) is 9.78. The van der Waals surface area contributed by atoms with E-state index < -0.39 is 11.8 Å². The van der Waals surface area contributed by atoms with Crippen molar-refractivity contribution in [1.29, 1.82) is 0 Å². The van der Waals surface area contributed by atoms with Gasteiger partial charge in [0, 0.05) is 19.3 Å². The number of halogens is 1. The smallest absolute Gasteiger partial charge is 0.340 e. The van der Waals surface area contributed by atoms with Crippen molar-refractivity contribution in [1.82, 2.24) is 0 Å². The Labute approximate surface area is 104 Å². The number of ether oxygens (including phenoxy) is 1. The van der Waals surface area contributed by atoms with E-state index in [2.05, 4.69) is 5.32 Å². The van der Waals surface area contributed by atoms with Crippen LogP contribution >= 0.6 is 0 Å². The number of carbonyl (C=O) groups is 1. The summed E-state index contributed by atoms with van der Waals surface area (Å²) in [4.78, 5) is 11.1. The number of carboxylic acid groups (broad SMARTS) is 1. The van der Waals surface area contributed by atoms with Crippen molar-refractivity contribution in [2.24, 2.45) is 0 Å². The summed E-state index contributed by atoms with van der Waals surface area (Å²) in [5.41, 5.74) is 5.28. The maximum Gasteiger partial charge on any atom is 0.340 e. The third-order valence-corrected chi connectivity index (χ3v) is 2.99. The molecule has 4 N–H and O–H groups in total. The van der Waals surface area contributed by atoms with E-state index in [1.54, 1.807) is 0 Å². The molecule has 0 unspecified atom stereocenters. The SMILES string of the molecule is Nc1c(F)ccc(NC2CCOCC2)c1C(=O)O. The van der Waals surface area contributed by atoms with Crippen LogP contribution in [0.1, 0.15) is 23.2 Å². The summed E-state index contributed by atoms with van der Waals surface area (Å²) in [5.74, 6) is -1.95. The molecular formula is C12H15FN2O3. The van der Waals surface area contributed by atoms with E-state index in [1.165, 1.54) is 12.1 Å². The fraction of sp³-hybridized carbons (Fsp3) is 0.417. The van der Waals surface area contributed by atoms with E-state index in [-0.39, 0.29) is 17.3 Å². The highest BCUT2D eigenvalue weighted by atomic mass is 19.1. The Kier molecular flexibility index (Phi) is 3.66. The predicted octanol–water partition coefficient (Wildman–Crippen LogP) is 1.70. The summed E-state index contributed by atoms with van der Waals surface area (Å²) in [6.07, 6.45) is 1.58. The van der Waals surface area contributed by atoms with Crippen LogP contribution in [0.25, 0.3) is 0 Å². The topological polar surface area (TPSA) is 84.6 Å². The molecule has 0 spiro atoms. The lowest BCUT2D eigenvalue weighted by Gasteiger charge is -2.25. The number of rotatable bonds is 3. The zero-order valence-electron chi connectivity index (χ0n) is 9.78. The summed E-state index contributed by atoms with van der Waals surface area (Å²) >= 11 is 0. The number of aromatic carboxylic acids is 1. The number of benzene rings is 1. The van der Waals surface area contributed by atoms with E-state index in [0.717, 1.165) is 12.8 Å². The van der Waals surface area contributed by atoms with Crippen molar-refractivity contribution in [3.63, 3.8) is 0 Å². The van der Waals surface area contributed by atoms with Gasteiger partial charge in [0.1, 0.15) is 11.4 Å². The Morgan fingerprint density at radius 3 is 2.72 bits per heavy atom. The molecular weight excluding hydrogens is 239 g/mol. The first kappa shape index (κ1) is 12.6. The van der Waals surface area contributed by atoms with Gasteiger partial charge >= 0.3 is 5.97 Å². The van der Waals surface area contributed by atoms with Crippen molar-refractivity contribution >= 4 is 17.3 Å². The molecule has 0 saturated carbocycles. The highest BCUT2D eigenvalue weighted by Crippen LogP contribution is 2.27. The van der Waals surface area contributed by atoms with Gasteiger partial charge in [-0.15, -0.1) is 0 Å². The highest BCUT2D eigenvalue weighted by molar-refractivity contribution is 6.00. The van der Waals surface area contributed by atoms with Crippen LogP contribution in [-0.2, 0) is 4.74 Å². The first-order valence-corrected chi connectivity index (χ1v) is 5.75. The standard InChI is InChI=1S/C12H15FN2O3/c13-8-1-2-9(10(11(8)14)12(16)17)15-7-3-5-18-6-4-7/h1-2,7,15H,3-6,14H2,(H,16,17). The zero-order chi connectivity index (χ0) is 13.1. The van der Waals surface area contributed by atoms with Gasteiger partial charge < -0.3 is 20.9 Å². The maximum absolute atomic E-state index is 13.3. The average molecular weight is 254 g/mol. The lowest BCUT2D eigenvalue weighted by Crippen LogP contribution is -2.28. The summed E-state index contributed by atoms with van der Waals surface area (Å²) in [6, 6.07) is 2.70. The van der Waals surface area contributed by atoms with Gasteiger partial charge in [-0.25, -0.2) is 9.18 Å². The molecule has 0 bridgehead atoms. The second-order valence-corrected chi connectivity index (χ2v) is 4.22. The second-order valence-electron chi connectivity index (χ2n) is 4.22. The van der Waals surface area contributed by atoms with Gasteiger partial charge in [-0.2, -0.15) is 0 Å². The summed E-state index contributed by atoms with van der Waals surface area (Å²) in [7, 11) is 0. The third-order valence-electron chi connectivity index (χ3n) is 2.99. The number of nitrogens with one attached hydrogen (secondary N) is 1. The van der Waals surface area contributed by atoms with Crippen LogP contribution in [0.2, 0.25) is 0 Å². The number of anilines is 2. The van der Waals surface area contributed by atoms with Crippen molar-refractivity contribution in [2.75, 3.05) is 24.3 Å². The Hall–Kier alpha value is -1.82. The number of nitrogens with two attached hydrogens (primary N) is 1. The Bertz CT molecular complexity index is 459. The van der Waals surface area contributed by atoms with E-state index >= 15 is 0 Å². The predicted molar refractivity (Wildman–Crippen MR) is 65.2 cm³/mol. The van der Waals surface area contributed by atoms with Crippen LogP contribution in [0.3, 0.4) is 0 Å². The minimum Gasteiger partial charge on any atom is -0.478 e. The molecule has 6 heteroatoms. The van der Waals surface area contributed by atoms with Crippen molar-refractivity contribution in [3.8, 4) is 0 Å². The van der Waals surface area contributed by atoms with E-state index in [4.69, 9.17) is 15.6 Å². The van der Waals surface area contributed by atoms with Crippen LogP contribution in [0.4, 0.5) is 15.8 Å². The van der Waals surface area contributed by atoms with Gasteiger partial charge in [-0.1, -0.05) is 0 Å². The molecule has 1 fully saturated rings. The summed E-state index contributed by atoms with van der Waals surface area (Å²) in [6.45, 7) is 1.27. The Morgan fingerprint density at radius 1 is 1.44 bits per heavy atom. The van der Waals surface area contributed by atoms with Gasteiger partial charge in [0.25, 0.3) is 0 Å².